The van der Waals surface area contributed by atoms with Gasteiger partial charge in [0.05, 0.1) is 24.2 Å². The Morgan fingerprint density at radius 2 is 1.53 bits per heavy atom. The highest BCUT2D eigenvalue weighted by atomic mass is 19.1. The van der Waals surface area contributed by atoms with Crippen molar-refractivity contribution in [3.8, 4) is 22.9 Å². The molecule has 1 aromatic heterocycles. The Balaban J connectivity index is 1.44. The molecule has 1 heterocycles. The van der Waals surface area contributed by atoms with E-state index in [1.807, 2.05) is 49.4 Å². The third-order valence-electron chi connectivity index (χ3n) is 4.94. The summed E-state index contributed by atoms with van der Waals surface area (Å²) >= 11 is 0. The predicted octanol–water partition coefficient (Wildman–Crippen LogP) is 6.10. The van der Waals surface area contributed by atoms with Gasteiger partial charge < -0.3 is 14.0 Å². The second kappa shape index (κ2) is 9.44. The second-order valence-electron chi connectivity index (χ2n) is 7.02. The van der Waals surface area contributed by atoms with Crippen LogP contribution in [-0.4, -0.2) is 22.8 Å². The van der Waals surface area contributed by atoms with Gasteiger partial charge in [-0.3, -0.25) is 0 Å². The fourth-order valence-electron chi connectivity index (χ4n) is 3.52. The van der Waals surface area contributed by atoms with Crippen molar-refractivity contribution in [3.63, 3.8) is 0 Å². The fourth-order valence-corrected chi connectivity index (χ4v) is 3.52. The highest BCUT2D eigenvalue weighted by Gasteiger charge is 2.12. The topological polar surface area (TPSA) is 36.3 Å². The number of aromatic nitrogens is 2. The lowest BCUT2D eigenvalue weighted by Gasteiger charge is -2.12. The van der Waals surface area contributed by atoms with Gasteiger partial charge in [0.25, 0.3) is 0 Å². The van der Waals surface area contributed by atoms with Crippen molar-refractivity contribution in [2.75, 3.05) is 13.2 Å². The summed E-state index contributed by atoms with van der Waals surface area (Å²) in [6.45, 7) is 4.00. The van der Waals surface area contributed by atoms with Crippen molar-refractivity contribution in [2.24, 2.45) is 0 Å². The van der Waals surface area contributed by atoms with Crippen LogP contribution in [0.15, 0.2) is 72.8 Å². The SMILES string of the molecule is CCOc1ccccc1OCCCCn1c(-c2ccc(F)cc2)nc2ccccc21. The van der Waals surface area contributed by atoms with Crippen LogP contribution in [0.4, 0.5) is 4.39 Å². The van der Waals surface area contributed by atoms with Crippen molar-refractivity contribution >= 4 is 11.0 Å². The molecular formula is C25H25FN2O2. The molecule has 0 amide bonds. The van der Waals surface area contributed by atoms with Gasteiger partial charge >= 0.3 is 0 Å². The van der Waals surface area contributed by atoms with E-state index in [0.29, 0.717) is 13.2 Å². The van der Waals surface area contributed by atoms with E-state index in [1.54, 1.807) is 12.1 Å². The minimum atomic E-state index is -0.245. The maximum Gasteiger partial charge on any atom is 0.161 e. The Hall–Kier alpha value is -3.34. The van der Waals surface area contributed by atoms with Crippen molar-refractivity contribution in [1.82, 2.24) is 9.55 Å². The molecule has 0 aliphatic heterocycles. The second-order valence-corrected chi connectivity index (χ2v) is 7.02. The quantitative estimate of drug-likeness (QED) is 0.316. The summed E-state index contributed by atoms with van der Waals surface area (Å²) < 4.78 is 27.1. The highest BCUT2D eigenvalue weighted by molar-refractivity contribution is 5.80. The number of fused-ring (bicyclic) bond motifs is 1. The molecule has 0 unspecified atom stereocenters. The van der Waals surface area contributed by atoms with E-state index in [9.17, 15) is 4.39 Å². The molecule has 0 spiro atoms. The number of para-hydroxylation sites is 4. The molecule has 5 heteroatoms. The van der Waals surface area contributed by atoms with E-state index in [1.165, 1.54) is 12.1 Å². The number of halogens is 1. The molecule has 4 aromatic rings. The van der Waals surface area contributed by atoms with Crippen LogP contribution >= 0.6 is 0 Å². The average molecular weight is 404 g/mol. The lowest BCUT2D eigenvalue weighted by Crippen LogP contribution is -2.05. The molecule has 4 nitrogen and oxygen atoms in total. The third-order valence-corrected chi connectivity index (χ3v) is 4.94. The van der Waals surface area contributed by atoms with E-state index in [2.05, 4.69) is 10.6 Å². The van der Waals surface area contributed by atoms with Gasteiger partial charge in [0, 0.05) is 12.1 Å². The first kappa shape index (κ1) is 20.0. The lowest BCUT2D eigenvalue weighted by molar-refractivity contribution is 0.270. The number of nitrogens with zero attached hydrogens (tertiary/aromatic N) is 2. The molecule has 0 N–H and O–H groups in total. The summed E-state index contributed by atoms with van der Waals surface area (Å²) in [5, 5.41) is 0. The van der Waals surface area contributed by atoms with Gasteiger partial charge in [0.15, 0.2) is 11.5 Å². The van der Waals surface area contributed by atoms with Gasteiger partial charge in [-0.1, -0.05) is 24.3 Å². The van der Waals surface area contributed by atoms with Gasteiger partial charge in [-0.15, -0.1) is 0 Å². The van der Waals surface area contributed by atoms with Crippen LogP contribution in [0.2, 0.25) is 0 Å². The van der Waals surface area contributed by atoms with Crippen molar-refractivity contribution < 1.29 is 13.9 Å². The Labute approximate surface area is 175 Å². The molecule has 0 fully saturated rings. The molecule has 3 aromatic carbocycles. The van der Waals surface area contributed by atoms with Crippen LogP contribution < -0.4 is 9.47 Å². The Bertz CT molecular complexity index is 1110. The molecule has 0 atom stereocenters. The number of hydrogen-bond acceptors (Lipinski definition) is 3. The summed E-state index contributed by atoms with van der Waals surface area (Å²) in [4.78, 5) is 4.78. The number of ether oxygens (including phenoxy) is 2. The van der Waals surface area contributed by atoms with Gasteiger partial charge in [0.1, 0.15) is 11.6 Å². The zero-order chi connectivity index (χ0) is 20.8. The molecule has 30 heavy (non-hydrogen) atoms. The average Bonchev–Trinajstić information content (AvgIpc) is 3.14. The van der Waals surface area contributed by atoms with Gasteiger partial charge in [-0.2, -0.15) is 0 Å². The third kappa shape index (κ3) is 4.46. The number of hydrogen-bond donors (Lipinski definition) is 0. The number of imidazole rings is 1. The Morgan fingerprint density at radius 1 is 0.833 bits per heavy atom. The molecular weight excluding hydrogens is 379 g/mol. The summed E-state index contributed by atoms with van der Waals surface area (Å²) in [6.07, 6.45) is 1.83. The lowest BCUT2D eigenvalue weighted by atomic mass is 10.2. The maximum atomic E-state index is 13.4. The largest absolute Gasteiger partial charge is 0.490 e. The fraction of sp³-hybridized carbons (Fsp3) is 0.240. The molecule has 0 saturated carbocycles. The van der Waals surface area contributed by atoms with E-state index >= 15 is 0 Å². The van der Waals surface area contributed by atoms with E-state index < -0.39 is 0 Å². The van der Waals surface area contributed by atoms with Crippen LogP contribution in [0.25, 0.3) is 22.4 Å². The minimum absolute atomic E-state index is 0.245. The maximum absolute atomic E-state index is 13.4. The molecule has 0 aliphatic carbocycles. The Kier molecular flexibility index (Phi) is 6.28. The first-order valence-electron chi connectivity index (χ1n) is 10.3. The van der Waals surface area contributed by atoms with Crippen LogP contribution in [0.3, 0.4) is 0 Å². The number of rotatable bonds is 9. The molecule has 0 bridgehead atoms. The van der Waals surface area contributed by atoms with Gasteiger partial charge in [-0.25, -0.2) is 9.37 Å². The summed E-state index contributed by atoms with van der Waals surface area (Å²) in [5.41, 5.74) is 2.94. The predicted molar refractivity (Wildman–Crippen MR) is 117 cm³/mol. The summed E-state index contributed by atoms with van der Waals surface area (Å²) in [7, 11) is 0. The highest BCUT2D eigenvalue weighted by Crippen LogP contribution is 2.27. The monoisotopic (exact) mass is 404 g/mol. The smallest absolute Gasteiger partial charge is 0.161 e. The van der Waals surface area contributed by atoms with E-state index in [4.69, 9.17) is 14.5 Å². The first-order chi connectivity index (χ1) is 14.8. The van der Waals surface area contributed by atoms with Crippen LogP contribution in [-0.2, 0) is 6.54 Å². The first-order valence-corrected chi connectivity index (χ1v) is 10.3. The molecule has 0 saturated heterocycles. The summed E-state index contributed by atoms with van der Waals surface area (Å²) in [5.74, 6) is 2.17. The molecule has 154 valence electrons. The van der Waals surface area contributed by atoms with Crippen LogP contribution in [0.5, 0.6) is 11.5 Å². The molecule has 0 radical (unpaired) electrons. The molecule has 0 aliphatic rings. The minimum Gasteiger partial charge on any atom is -0.490 e. The van der Waals surface area contributed by atoms with Crippen molar-refractivity contribution in [3.05, 3.63) is 78.6 Å². The number of unbranched alkanes of at least 4 members (excludes halogenated alkanes) is 1. The standard InChI is InChI=1S/C25H25FN2O2/c1-2-29-23-11-5-6-12-24(23)30-18-8-7-17-28-22-10-4-3-9-21(22)27-25(28)19-13-15-20(26)16-14-19/h3-6,9-16H,2,7-8,17-18H2,1H3. The van der Waals surface area contributed by atoms with Crippen molar-refractivity contribution in [1.29, 1.82) is 0 Å². The zero-order valence-electron chi connectivity index (χ0n) is 17.1. The Morgan fingerprint density at radius 3 is 2.30 bits per heavy atom. The van der Waals surface area contributed by atoms with E-state index in [0.717, 1.165) is 53.3 Å². The van der Waals surface area contributed by atoms with Gasteiger partial charge in [0.2, 0.25) is 0 Å². The normalized spacial score (nSPS) is 11.0. The molecule has 4 rings (SSSR count). The van der Waals surface area contributed by atoms with E-state index in [-0.39, 0.29) is 5.82 Å². The summed E-state index contributed by atoms with van der Waals surface area (Å²) in [6, 6.07) is 22.3. The van der Waals surface area contributed by atoms with Crippen LogP contribution in [0.1, 0.15) is 19.8 Å². The van der Waals surface area contributed by atoms with Crippen molar-refractivity contribution in [2.45, 2.75) is 26.3 Å². The number of aryl methyl sites for hydroxylation is 1. The van der Waals surface area contributed by atoms with Crippen LogP contribution in [0, 0.1) is 5.82 Å². The number of benzene rings is 3. The zero-order valence-corrected chi connectivity index (χ0v) is 17.1. The van der Waals surface area contributed by atoms with Gasteiger partial charge in [-0.05, 0) is 68.3 Å².